The first-order valence-electron chi connectivity index (χ1n) is 7.26. The Kier molecular flexibility index (Phi) is 4.35. The Bertz CT molecular complexity index is 837. The summed E-state index contributed by atoms with van der Waals surface area (Å²) < 4.78 is 0. The van der Waals surface area contributed by atoms with Crippen LogP contribution in [0.3, 0.4) is 0 Å². The Morgan fingerprint density at radius 1 is 1.25 bits per heavy atom. The van der Waals surface area contributed by atoms with E-state index >= 15 is 0 Å². The summed E-state index contributed by atoms with van der Waals surface area (Å²) in [6.07, 6.45) is 1.49. The lowest BCUT2D eigenvalue weighted by molar-refractivity contribution is -0.121. The van der Waals surface area contributed by atoms with Crippen LogP contribution in [0, 0.1) is 6.92 Å². The van der Waals surface area contributed by atoms with E-state index < -0.39 is 11.2 Å². The average Bonchev–Trinajstić information content (AvgIpc) is 2.82. The Morgan fingerprint density at radius 2 is 2.00 bits per heavy atom. The first kappa shape index (κ1) is 16.2. The number of benzene rings is 1. The van der Waals surface area contributed by atoms with Gasteiger partial charge in [0.15, 0.2) is 0 Å². The molecule has 1 atom stereocenters. The van der Waals surface area contributed by atoms with Gasteiger partial charge in [-0.05, 0) is 30.7 Å². The number of carbonyl (C=O) groups is 3. The molecule has 3 rings (SSSR count). The number of amides is 2. The molecule has 1 N–H and O–H groups in total. The van der Waals surface area contributed by atoms with Gasteiger partial charge >= 0.3 is 5.97 Å². The van der Waals surface area contributed by atoms with Gasteiger partial charge in [0.2, 0.25) is 11.8 Å². The van der Waals surface area contributed by atoms with Crippen molar-refractivity contribution in [3.8, 4) is 0 Å². The number of nitrogens with zero attached hydrogens (tertiary/aromatic N) is 2. The van der Waals surface area contributed by atoms with Gasteiger partial charge in [-0.15, -0.1) is 0 Å². The molecule has 0 radical (unpaired) electrons. The normalized spacial score (nSPS) is 17.4. The third-order valence-electron chi connectivity index (χ3n) is 3.72. The summed E-state index contributed by atoms with van der Waals surface area (Å²) in [7, 11) is 0. The van der Waals surface area contributed by atoms with Gasteiger partial charge in [0.05, 0.1) is 16.5 Å². The summed E-state index contributed by atoms with van der Waals surface area (Å²) in [5, 5.41) is 8.77. The fraction of sp³-hybridized carbons (Fsp3) is 0.176. The molecular weight excluding hydrogens is 328 g/mol. The van der Waals surface area contributed by atoms with Crippen LogP contribution in [0.2, 0.25) is 0 Å². The van der Waals surface area contributed by atoms with Crippen molar-refractivity contribution in [1.82, 2.24) is 4.98 Å². The molecule has 0 aliphatic carbocycles. The number of hydrogen-bond donors (Lipinski definition) is 1. The number of aryl methyl sites for hydroxylation is 1. The third-order valence-corrected chi connectivity index (χ3v) is 4.92. The number of thioether (sulfide) groups is 1. The fourth-order valence-electron chi connectivity index (χ4n) is 2.55. The average molecular weight is 342 g/mol. The predicted octanol–water partition coefficient (Wildman–Crippen LogP) is 2.51. The molecule has 0 saturated carbocycles. The molecule has 6 nitrogen and oxygen atoms in total. The maximum absolute atomic E-state index is 12.7. The van der Waals surface area contributed by atoms with Crippen molar-refractivity contribution < 1.29 is 19.5 Å². The first-order chi connectivity index (χ1) is 11.5. The van der Waals surface area contributed by atoms with E-state index in [0.717, 1.165) is 17.3 Å². The Morgan fingerprint density at radius 3 is 2.71 bits per heavy atom. The number of para-hydroxylation sites is 1. The summed E-state index contributed by atoms with van der Waals surface area (Å²) in [6, 6.07) is 10.1. The van der Waals surface area contributed by atoms with Crippen LogP contribution in [0.5, 0.6) is 0 Å². The van der Waals surface area contributed by atoms with Crippen molar-refractivity contribution in [3.05, 3.63) is 53.7 Å². The van der Waals surface area contributed by atoms with E-state index in [0.29, 0.717) is 5.69 Å². The van der Waals surface area contributed by atoms with Crippen LogP contribution in [0.1, 0.15) is 22.3 Å². The predicted molar refractivity (Wildman–Crippen MR) is 89.1 cm³/mol. The van der Waals surface area contributed by atoms with Crippen molar-refractivity contribution in [2.24, 2.45) is 0 Å². The molecule has 2 amide bonds. The summed E-state index contributed by atoms with van der Waals surface area (Å²) in [6.45, 7) is 1.83. The molecule has 1 saturated heterocycles. The Labute approximate surface area is 142 Å². The minimum Gasteiger partial charge on any atom is -0.478 e. The van der Waals surface area contributed by atoms with Crippen LogP contribution in [-0.2, 0) is 9.59 Å². The number of carboxylic acids is 1. The van der Waals surface area contributed by atoms with Crippen LogP contribution < -0.4 is 4.90 Å². The second kappa shape index (κ2) is 6.45. The van der Waals surface area contributed by atoms with Gasteiger partial charge in [0, 0.05) is 12.6 Å². The van der Waals surface area contributed by atoms with E-state index in [1.807, 2.05) is 19.1 Å². The number of aromatic nitrogens is 1. The minimum absolute atomic E-state index is 0.0213. The molecule has 0 spiro atoms. The highest BCUT2D eigenvalue weighted by Gasteiger charge is 2.41. The van der Waals surface area contributed by atoms with Crippen LogP contribution in [0.15, 0.2) is 47.6 Å². The minimum atomic E-state index is -1.11. The molecule has 1 fully saturated rings. The number of imide groups is 1. The largest absolute Gasteiger partial charge is 0.478 e. The smallest absolute Gasteiger partial charge is 0.338 e. The van der Waals surface area contributed by atoms with Crippen molar-refractivity contribution in [2.75, 3.05) is 4.90 Å². The number of pyridine rings is 1. The maximum Gasteiger partial charge on any atom is 0.338 e. The second-order valence-electron chi connectivity index (χ2n) is 5.33. The van der Waals surface area contributed by atoms with Crippen LogP contribution >= 0.6 is 11.8 Å². The molecule has 2 heterocycles. The Hall–Kier alpha value is -2.67. The molecule has 24 heavy (non-hydrogen) atoms. The Balaban J connectivity index is 1.88. The molecule has 1 aromatic carbocycles. The van der Waals surface area contributed by atoms with Gasteiger partial charge < -0.3 is 5.11 Å². The second-order valence-corrected chi connectivity index (χ2v) is 6.52. The molecule has 0 bridgehead atoms. The number of anilines is 1. The van der Waals surface area contributed by atoms with Crippen molar-refractivity contribution in [1.29, 1.82) is 0 Å². The summed E-state index contributed by atoms with van der Waals surface area (Å²) in [4.78, 5) is 41.4. The van der Waals surface area contributed by atoms with Crippen molar-refractivity contribution in [2.45, 2.75) is 23.6 Å². The van der Waals surface area contributed by atoms with E-state index in [-0.39, 0.29) is 28.8 Å². The number of aromatic carboxylic acids is 1. The number of carbonyl (C=O) groups excluding carboxylic acids is 2. The molecular formula is C17H14N2O4S. The molecule has 1 aromatic heterocycles. The van der Waals surface area contributed by atoms with Crippen LogP contribution in [-0.4, -0.2) is 33.1 Å². The number of rotatable bonds is 4. The zero-order chi connectivity index (χ0) is 17.3. The highest BCUT2D eigenvalue weighted by Crippen LogP contribution is 2.35. The van der Waals surface area contributed by atoms with E-state index in [2.05, 4.69) is 4.98 Å². The standard InChI is InChI=1S/C17H14N2O4S/c1-10-5-2-3-7-12(10)19-14(20)9-13(16(19)21)24-15-11(17(22)23)6-4-8-18-15/h2-8,13H,9H2,1H3,(H,22,23)/t13-/m1/s1. The van der Waals surface area contributed by atoms with Crippen molar-refractivity contribution in [3.63, 3.8) is 0 Å². The monoisotopic (exact) mass is 342 g/mol. The quantitative estimate of drug-likeness (QED) is 0.859. The van der Waals surface area contributed by atoms with Gasteiger partial charge in [-0.25, -0.2) is 14.7 Å². The molecule has 0 unspecified atom stereocenters. The third kappa shape index (κ3) is 2.90. The first-order valence-corrected chi connectivity index (χ1v) is 8.14. The summed E-state index contributed by atoms with van der Waals surface area (Å²) in [5.41, 5.74) is 1.42. The summed E-state index contributed by atoms with van der Waals surface area (Å²) in [5.74, 6) is -1.75. The zero-order valence-corrected chi connectivity index (χ0v) is 13.6. The van der Waals surface area contributed by atoms with Gasteiger partial charge in [-0.3, -0.25) is 9.59 Å². The SMILES string of the molecule is Cc1ccccc1N1C(=O)C[C@@H](Sc2ncccc2C(=O)O)C1=O. The topological polar surface area (TPSA) is 87.6 Å². The van der Waals surface area contributed by atoms with Crippen molar-refractivity contribution >= 4 is 35.2 Å². The highest BCUT2D eigenvalue weighted by molar-refractivity contribution is 8.00. The van der Waals surface area contributed by atoms with Gasteiger partial charge in [0.1, 0.15) is 5.03 Å². The molecule has 2 aromatic rings. The molecule has 1 aliphatic rings. The van der Waals surface area contributed by atoms with E-state index in [4.69, 9.17) is 0 Å². The lowest BCUT2D eigenvalue weighted by atomic mass is 10.2. The lowest BCUT2D eigenvalue weighted by Gasteiger charge is -2.17. The number of carboxylic acid groups (broad SMARTS) is 1. The van der Waals surface area contributed by atoms with Gasteiger partial charge in [0.25, 0.3) is 0 Å². The van der Waals surface area contributed by atoms with E-state index in [1.54, 1.807) is 12.1 Å². The summed E-state index contributed by atoms with van der Waals surface area (Å²) >= 11 is 1.02. The van der Waals surface area contributed by atoms with E-state index in [9.17, 15) is 19.5 Å². The molecule has 1 aliphatic heterocycles. The van der Waals surface area contributed by atoms with E-state index in [1.165, 1.54) is 23.2 Å². The van der Waals surface area contributed by atoms with Gasteiger partial charge in [-0.1, -0.05) is 30.0 Å². The molecule has 122 valence electrons. The van der Waals surface area contributed by atoms with Crippen LogP contribution in [0.25, 0.3) is 0 Å². The number of hydrogen-bond acceptors (Lipinski definition) is 5. The maximum atomic E-state index is 12.7. The molecule has 7 heteroatoms. The fourth-order valence-corrected chi connectivity index (χ4v) is 3.65. The van der Waals surface area contributed by atoms with Gasteiger partial charge in [-0.2, -0.15) is 0 Å². The zero-order valence-electron chi connectivity index (χ0n) is 12.8. The lowest BCUT2D eigenvalue weighted by Crippen LogP contribution is -2.31. The highest BCUT2D eigenvalue weighted by atomic mass is 32.2. The van der Waals surface area contributed by atoms with Crippen LogP contribution in [0.4, 0.5) is 5.69 Å².